The number of nitrogens with one attached hydrogen (secondary N) is 1. The second kappa shape index (κ2) is 10.1. The Hall–Kier alpha value is -2.58. The number of carbonyl (C=O) groups is 2. The minimum atomic E-state index is -0.489. The Kier molecular flexibility index (Phi) is 7.24. The molecule has 178 valence electrons. The summed E-state index contributed by atoms with van der Waals surface area (Å²) in [6.45, 7) is 4.92. The molecular weight excluding hydrogens is 446 g/mol. The maximum absolute atomic E-state index is 12.9. The van der Waals surface area contributed by atoms with Gasteiger partial charge in [0.15, 0.2) is 0 Å². The van der Waals surface area contributed by atoms with Crippen LogP contribution in [0.1, 0.15) is 58.3 Å². The van der Waals surface area contributed by atoms with Gasteiger partial charge in [-0.3, -0.25) is 9.48 Å². The highest BCUT2D eigenvalue weighted by Crippen LogP contribution is 2.37. The van der Waals surface area contributed by atoms with E-state index in [4.69, 9.17) is 30.9 Å². The number of rotatable bonds is 7. The average Bonchev–Trinajstić information content (AvgIpc) is 3.11. The topological polar surface area (TPSA) is 91.7 Å². The maximum Gasteiger partial charge on any atom is 0.339 e. The molecule has 4 rings (SSSR count). The van der Waals surface area contributed by atoms with Gasteiger partial charge in [-0.2, -0.15) is 5.10 Å². The number of aryl methyl sites for hydroxylation is 2. The Labute approximate surface area is 198 Å². The van der Waals surface area contributed by atoms with E-state index in [2.05, 4.69) is 5.32 Å². The fourth-order valence-electron chi connectivity index (χ4n) is 4.64. The number of nitrogens with zero attached hydrogens (tertiary/aromatic N) is 2. The summed E-state index contributed by atoms with van der Waals surface area (Å²) in [6, 6.07) is 4.87. The summed E-state index contributed by atoms with van der Waals surface area (Å²) in [4.78, 5) is 25.4. The lowest BCUT2D eigenvalue weighted by Crippen LogP contribution is -2.40. The van der Waals surface area contributed by atoms with Gasteiger partial charge in [0.05, 0.1) is 30.0 Å². The van der Waals surface area contributed by atoms with Crippen molar-refractivity contribution < 1.29 is 23.8 Å². The van der Waals surface area contributed by atoms with Gasteiger partial charge in [0.2, 0.25) is 0 Å². The molecule has 2 aliphatic rings. The maximum atomic E-state index is 12.9. The van der Waals surface area contributed by atoms with Gasteiger partial charge in [-0.1, -0.05) is 11.6 Å². The van der Waals surface area contributed by atoms with E-state index in [-0.39, 0.29) is 23.5 Å². The molecule has 0 atom stereocenters. The predicted octanol–water partition coefficient (Wildman–Crippen LogP) is 3.44. The van der Waals surface area contributed by atoms with Crippen molar-refractivity contribution >= 4 is 23.5 Å². The first-order chi connectivity index (χ1) is 16.0. The number of halogens is 1. The van der Waals surface area contributed by atoms with E-state index in [1.54, 1.807) is 22.9 Å². The Balaban J connectivity index is 1.45. The summed E-state index contributed by atoms with van der Waals surface area (Å²) in [5.74, 6) is -0.00937. The van der Waals surface area contributed by atoms with Crippen LogP contribution in [0.4, 0.5) is 0 Å². The summed E-state index contributed by atoms with van der Waals surface area (Å²) < 4.78 is 18.0. The Bertz CT molecular complexity index is 1030. The molecule has 1 fully saturated rings. The van der Waals surface area contributed by atoms with Gasteiger partial charge in [0, 0.05) is 31.9 Å². The number of hydrogen-bond acceptors (Lipinski definition) is 6. The van der Waals surface area contributed by atoms with Crippen molar-refractivity contribution in [2.24, 2.45) is 5.41 Å². The second-order valence-corrected chi connectivity index (χ2v) is 9.05. The molecule has 2 aliphatic heterocycles. The molecule has 0 aliphatic carbocycles. The van der Waals surface area contributed by atoms with Crippen LogP contribution in [0.5, 0.6) is 5.75 Å². The zero-order chi connectivity index (χ0) is 23.4. The molecule has 0 radical (unpaired) electrons. The van der Waals surface area contributed by atoms with Crippen LogP contribution in [0.15, 0.2) is 18.2 Å². The zero-order valence-electron chi connectivity index (χ0n) is 19.1. The number of amides is 1. The van der Waals surface area contributed by atoms with Crippen molar-refractivity contribution in [1.29, 1.82) is 0 Å². The van der Waals surface area contributed by atoms with E-state index >= 15 is 0 Å². The standard InChI is InChI=1S/C24H30ClN3O5/c1-3-28-21-18(14-24(15-26-22(21)29)8-11-32-12-9-24)20(27-28)5-4-10-33-23(30)17-13-16(31-2)6-7-19(17)25/h6-7,13H,3-5,8-12,14-15H2,1-2H3,(H,26,29). The molecule has 3 heterocycles. The SMILES string of the molecule is CCn1nc(CCCOC(=O)c2cc(OC)ccc2Cl)c2c1C(=O)NCC1(CCOCC1)C2. The van der Waals surface area contributed by atoms with Crippen LogP contribution >= 0.6 is 11.6 Å². The third kappa shape index (κ3) is 5.01. The molecule has 0 bridgehead atoms. The van der Waals surface area contributed by atoms with E-state index in [0.717, 1.165) is 30.5 Å². The first-order valence-electron chi connectivity index (χ1n) is 11.4. The largest absolute Gasteiger partial charge is 0.497 e. The van der Waals surface area contributed by atoms with Crippen molar-refractivity contribution in [1.82, 2.24) is 15.1 Å². The first-order valence-corrected chi connectivity index (χ1v) is 11.8. The molecule has 1 N–H and O–H groups in total. The molecular formula is C24H30ClN3O5. The fraction of sp³-hybridized carbons (Fsp3) is 0.542. The average molecular weight is 476 g/mol. The molecule has 0 saturated carbocycles. The number of benzene rings is 1. The number of esters is 1. The van der Waals surface area contributed by atoms with E-state index in [0.29, 0.717) is 55.6 Å². The molecule has 2 aromatic rings. The predicted molar refractivity (Wildman–Crippen MR) is 123 cm³/mol. The van der Waals surface area contributed by atoms with Crippen molar-refractivity contribution in [2.45, 2.75) is 45.6 Å². The third-order valence-corrected chi connectivity index (χ3v) is 6.89. The molecule has 33 heavy (non-hydrogen) atoms. The van der Waals surface area contributed by atoms with E-state index in [1.807, 2.05) is 6.92 Å². The lowest BCUT2D eigenvalue weighted by molar-refractivity contribution is 0.0160. The third-order valence-electron chi connectivity index (χ3n) is 6.56. The van der Waals surface area contributed by atoms with Crippen molar-refractivity contribution in [2.75, 3.05) is 33.5 Å². The number of aromatic nitrogens is 2. The molecule has 9 heteroatoms. The van der Waals surface area contributed by atoms with Gasteiger partial charge in [0.25, 0.3) is 5.91 Å². The van der Waals surface area contributed by atoms with E-state index in [1.165, 1.54) is 7.11 Å². The molecule has 1 saturated heterocycles. The van der Waals surface area contributed by atoms with Gasteiger partial charge in [-0.05, 0) is 62.6 Å². The number of ether oxygens (including phenoxy) is 3. The number of hydrogen-bond donors (Lipinski definition) is 1. The zero-order valence-corrected chi connectivity index (χ0v) is 19.9. The normalized spacial score (nSPS) is 17.2. The van der Waals surface area contributed by atoms with Crippen molar-refractivity contribution in [3.8, 4) is 5.75 Å². The monoisotopic (exact) mass is 475 g/mol. The van der Waals surface area contributed by atoms with Crippen LogP contribution in [0, 0.1) is 5.41 Å². The highest BCUT2D eigenvalue weighted by Gasteiger charge is 2.39. The van der Waals surface area contributed by atoms with E-state index in [9.17, 15) is 9.59 Å². The Morgan fingerprint density at radius 3 is 2.85 bits per heavy atom. The van der Waals surface area contributed by atoms with Gasteiger partial charge < -0.3 is 19.5 Å². The van der Waals surface area contributed by atoms with Gasteiger partial charge in [-0.15, -0.1) is 0 Å². The van der Waals surface area contributed by atoms with Crippen LogP contribution in [0.3, 0.4) is 0 Å². The Morgan fingerprint density at radius 2 is 2.12 bits per heavy atom. The van der Waals surface area contributed by atoms with Crippen LogP contribution in [0.25, 0.3) is 0 Å². The van der Waals surface area contributed by atoms with Crippen molar-refractivity contribution in [3.63, 3.8) is 0 Å². The lowest BCUT2D eigenvalue weighted by atomic mass is 9.75. The Morgan fingerprint density at radius 1 is 1.33 bits per heavy atom. The molecule has 1 aromatic carbocycles. The molecule has 0 unspecified atom stereocenters. The van der Waals surface area contributed by atoms with Crippen LogP contribution < -0.4 is 10.1 Å². The van der Waals surface area contributed by atoms with Crippen LogP contribution in [-0.2, 0) is 28.9 Å². The quantitative estimate of drug-likeness (QED) is 0.487. The second-order valence-electron chi connectivity index (χ2n) is 8.65. The lowest BCUT2D eigenvalue weighted by Gasteiger charge is -2.36. The smallest absolute Gasteiger partial charge is 0.339 e. The van der Waals surface area contributed by atoms with Gasteiger partial charge in [-0.25, -0.2) is 4.79 Å². The molecule has 1 amide bonds. The van der Waals surface area contributed by atoms with Gasteiger partial charge >= 0.3 is 5.97 Å². The molecule has 1 aromatic heterocycles. The van der Waals surface area contributed by atoms with Crippen LogP contribution in [0.2, 0.25) is 5.02 Å². The van der Waals surface area contributed by atoms with Crippen LogP contribution in [-0.4, -0.2) is 55.1 Å². The highest BCUT2D eigenvalue weighted by molar-refractivity contribution is 6.33. The fourth-order valence-corrected chi connectivity index (χ4v) is 4.83. The number of fused-ring (bicyclic) bond motifs is 1. The summed E-state index contributed by atoms with van der Waals surface area (Å²) in [5.41, 5.74) is 2.88. The van der Waals surface area contributed by atoms with Gasteiger partial charge in [0.1, 0.15) is 11.4 Å². The van der Waals surface area contributed by atoms with E-state index < -0.39 is 5.97 Å². The number of carbonyl (C=O) groups excluding carboxylic acids is 2. The highest BCUT2D eigenvalue weighted by atomic mass is 35.5. The number of methoxy groups -OCH3 is 1. The minimum Gasteiger partial charge on any atom is -0.497 e. The van der Waals surface area contributed by atoms with Crippen molar-refractivity contribution in [3.05, 3.63) is 45.7 Å². The summed E-state index contributed by atoms with van der Waals surface area (Å²) in [5, 5.41) is 8.18. The molecule has 1 spiro atoms. The summed E-state index contributed by atoms with van der Waals surface area (Å²) in [6.07, 6.45) is 3.86. The summed E-state index contributed by atoms with van der Waals surface area (Å²) >= 11 is 6.14. The summed E-state index contributed by atoms with van der Waals surface area (Å²) in [7, 11) is 1.53. The minimum absolute atomic E-state index is 0.00505. The first kappa shape index (κ1) is 23.6. The molecule has 8 nitrogen and oxygen atoms in total.